The number of carbonyl (C=O) groups excluding carboxylic acids is 1. The largest absolute Gasteiger partial charge is 0.368 e. The van der Waals surface area contributed by atoms with Crippen LogP contribution in [0.2, 0.25) is 0 Å². The summed E-state index contributed by atoms with van der Waals surface area (Å²) in [5, 5.41) is 3.30. The van der Waals surface area contributed by atoms with Crippen LogP contribution in [0.15, 0.2) is 0 Å². The summed E-state index contributed by atoms with van der Waals surface area (Å²) < 4.78 is 5.63. The number of nitrogens with zero attached hydrogens (tertiary/aromatic N) is 1. The molecule has 2 saturated heterocycles. The van der Waals surface area contributed by atoms with Gasteiger partial charge in [0.25, 0.3) is 5.91 Å². The van der Waals surface area contributed by atoms with Gasteiger partial charge in [-0.1, -0.05) is 6.92 Å². The van der Waals surface area contributed by atoms with Crippen LogP contribution in [-0.2, 0) is 9.53 Å². The molecule has 0 saturated carbocycles. The monoisotopic (exact) mass is 290 g/mol. The molecule has 19 heavy (non-hydrogen) atoms. The van der Waals surface area contributed by atoms with Crippen LogP contribution < -0.4 is 5.32 Å². The van der Waals surface area contributed by atoms with Gasteiger partial charge in [0.05, 0.1) is 0 Å². The Kier molecular flexibility index (Phi) is 6.57. The lowest BCUT2D eigenvalue weighted by molar-refractivity contribution is -0.158. The molecule has 2 rings (SSSR count). The Balaban J connectivity index is 0.00000180. The first-order chi connectivity index (χ1) is 8.68. The number of amides is 1. The smallest absolute Gasteiger partial charge is 0.254 e. The molecule has 0 aromatic heterocycles. The number of ether oxygens (including phenoxy) is 1. The molecule has 0 aromatic rings. The molecule has 0 spiro atoms. The molecular weight excluding hydrogens is 264 g/mol. The second-order valence-corrected chi connectivity index (χ2v) is 5.78. The van der Waals surface area contributed by atoms with Crippen LogP contribution in [0.25, 0.3) is 0 Å². The molecule has 4 nitrogen and oxygen atoms in total. The average molecular weight is 291 g/mol. The van der Waals surface area contributed by atoms with E-state index in [1.165, 1.54) is 6.42 Å². The molecule has 1 atom stereocenters. The van der Waals surface area contributed by atoms with Crippen LogP contribution >= 0.6 is 12.4 Å². The summed E-state index contributed by atoms with van der Waals surface area (Å²) in [6, 6.07) is 0. The van der Waals surface area contributed by atoms with E-state index in [2.05, 4.69) is 12.2 Å². The van der Waals surface area contributed by atoms with Crippen molar-refractivity contribution in [3.63, 3.8) is 0 Å². The molecule has 2 aliphatic rings. The fourth-order valence-corrected chi connectivity index (χ4v) is 3.09. The van der Waals surface area contributed by atoms with Crippen molar-refractivity contribution in [1.29, 1.82) is 0 Å². The van der Waals surface area contributed by atoms with Crippen LogP contribution in [0, 0.1) is 5.92 Å². The summed E-state index contributed by atoms with van der Waals surface area (Å²) in [5.41, 5.74) is -0.557. The van der Waals surface area contributed by atoms with Gasteiger partial charge >= 0.3 is 0 Å². The summed E-state index contributed by atoms with van der Waals surface area (Å²) in [6.07, 6.45) is 5.10. The molecule has 2 fully saturated rings. The summed E-state index contributed by atoms with van der Waals surface area (Å²) in [6.45, 7) is 5.85. The van der Waals surface area contributed by atoms with E-state index in [1.54, 1.807) is 7.11 Å². The predicted octanol–water partition coefficient (Wildman–Crippen LogP) is 1.83. The van der Waals surface area contributed by atoms with Gasteiger partial charge in [-0.25, -0.2) is 0 Å². The Bertz CT molecular complexity index is 293. The van der Waals surface area contributed by atoms with Gasteiger partial charge in [-0.05, 0) is 51.1 Å². The molecule has 0 aromatic carbocycles. The van der Waals surface area contributed by atoms with Crippen LogP contribution in [0.4, 0.5) is 0 Å². The second kappa shape index (κ2) is 7.46. The molecule has 2 aliphatic heterocycles. The van der Waals surface area contributed by atoms with Crippen LogP contribution in [-0.4, -0.2) is 49.7 Å². The summed E-state index contributed by atoms with van der Waals surface area (Å²) in [5.74, 6) is 0.968. The van der Waals surface area contributed by atoms with Crippen LogP contribution in [0.3, 0.4) is 0 Å². The highest BCUT2D eigenvalue weighted by molar-refractivity contribution is 5.85. The Morgan fingerprint density at radius 1 is 1.26 bits per heavy atom. The number of carbonyl (C=O) groups is 1. The molecule has 1 N–H and O–H groups in total. The van der Waals surface area contributed by atoms with Crippen molar-refractivity contribution in [3.8, 4) is 0 Å². The van der Waals surface area contributed by atoms with Gasteiger partial charge in [0.1, 0.15) is 5.60 Å². The molecule has 5 heteroatoms. The zero-order valence-electron chi connectivity index (χ0n) is 12.1. The lowest BCUT2D eigenvalue weighted by Gasteiger charge is -2.38. The third-order valence-corrected chi connectivity index (χ3v) is 4.50. The van der Waals surface area contributed by atoms with E-state index in [4.69, 9.17) is 4.74 Å². The maximum Gasteiger partial charge on any atom is 0.254 e. The molecule has 0 radical (unpaired) electrons. The minimum absolute atomic E-state index is 0. The van der Waals surface area contributed by atoms with Crippen molar-refractivity contribution in [2.24, 2.45) is 5.92 Å². The zero-order chi connectivity index (χ0) is 13.0. The minimum Gasteiger partial charge on any atom is -0.368 e. The molecule has 112 valence electrons. The van der Waals surface area contributed by atoms with Gasteiger partial charge in [-0.15, -0.1) is 12.4 Å². The number of methoxy groups -OCH3 is 1. The molecule has 1 unspecified atom stereocenters. The second-order valence-electron chi connectivity index (χ2n) is 5.78. The third-order valence-electron chi connectivity index (χ3n) is 4.50. The van der Waals surface area contributed by atoms with Crippen molar-refractivity contribution in [2.45, 2.75) is 44.6 Å². The number of hydrogen-bond acceptors (Lipinski definition) is 3. The van der Waals surface area contributed by atoms with Gasteiger partial charge < -0.3 is 15.0 Å². The maximum atomic E-state index is 12.7. The molecule has 1 amide bonds. The molecule has 0 aliphatic carbocycles. The molecular formula is C14H27ClN2O2. The van der Waals surface area contributed by atoms with E-state index in [-0.39, 0.29) is 18.3 Å². The molecule has 2 heterocycles. The lowest BCUT2D eigenvalue weighted by Crippen LogP contribution is -2.55. The number of nitrogens with one attached hydrogen (secondary N) is 1. The van der Waals surface area contributed by atoms with Crippen molar-refractivity contribution < 1.29 is 9.53 Å². The zero-order valence-corrected chi connectivity index (χ0v) is 12.9. The summed E-state index contributed by atoms with van der Waals surface area (Å²) in [4.78, 5) is 14.8. The van der Waals surface area contributed by atoms with E-state index < -0.39 is 5.60 Å². The van der Waals surface area contributed by atoms with Gasteiger partial charge in [0, 0.05) is 20.2 Å². The van der Waals surface area contributed by atoms with E-state index in [9.17, 15) is 4.79 Å². The Hall–Kier alpha value is -0.320. The minimum atomic E-state index is -0.557. The lowest BCUT2D eigenvalue weighted by atomic mass is 9.90. The number of likely N-dealkylation sites (tertiary alicyclic amines) is 1. The van der Waals surface area contributed by atoms with Gasteiger partial charge in [0.2, 0.25) is 0 Å². The summed E-state index contributed by atoms with van der Waals surface area (Å²) >= 11 is 0. The number of hydrogen-bond donors (Lipinski definition) is 1. The highest BCUT2D eigenvalue weighted by Gasteiger charge is 2.42. The topological polar surface area (TPSA) is 41.6 Å². The highest BCUT2D eigenvalue weighted by Crippen LogP contribution is 2.27. The number of halogens is 1. The fourth-order valence-electron chi connectivity index (χ4n) is 3.09. The summed E-state index contributed by atoms with van der Waals surface area (Å²) in [7, 11) is 1.68. The third kappa shape index (κ3) is 3.83. The van der Waals surface area contributed by atoms with Gasteiger partial charge in [0.15, 0.2) is 0 Å². The van der Waals surface area contributed by atoms with Crippen LogP contribution in [0.5, 0.6) is 0 Å². The standard InChI is InChI=1S/C14H26N2O2.ClH/c1-12-4-3-10-16(11-5-12)13(17)14(18-2)6-8-15-9-7-14;/h12,15H,3-11H2,1-2H3;1H. The van der Waals surface area contributed by atoms with E-state index >= 15 is 0 Å². The van der Waals surface area contributed by atoms with E-state index in [0.717, 1.165) is 57.8 Å². The quantitative estimate of drug-likeness (QED) is 0.843. The first-order valence-corrected chi connectivity index (χ1v) is 7.23. The Labute approximate surface area is 122 Å². The average Bonchev–Trinajstić information content (AvgIpc) is 2.63. The Morgan fingerprint density at radius 3 is 2.58 bits per heavy atom. The number of piperidine rings is 1. The van der Waals surface area contributed by atoms with Crippen molar-refractivity contribution >= 4 is 18.3 Å². The predicted molar refractivity (Wildman–Crippen MR) is 78.7 cm³/mol. The van der Waals surface area contributed by atoms with Gasteiger partial charge in [-0.2, -0.15) is 0 Å². The number of rotatable bonds is 2. The van der Waals surface area contributed by atoms with Crippen molar-refractivity contribution in [2.75, 3.05) is 33.3 Å². The normalized spacial score (nSPS) is 27.3. The highest BCUT2D eigenvalue weighted by atomic mass is 35.5. The first-order valence-electron chi connectivity index (χ1n) is 7.23. The van der Waals surface area contributed by atoms with Crippen molar-refractivity contribution in [1.82, 2.24) is 10.2 Å². The molecule has 0 bridgehead atoms. The maximum absolute atomic E-state index is 12.7. The fraction of sp³-hybridized carbons (Fsp3) is 0.929. The van der Waals surface area contributed by atoms with E-state index in [0.29, 0.717) is 0 Å². The first kappa shape index (κ1) is 16.7. The van der Waals surface area contributed by atoms with Crippen molar-refractivity contribution in [3.05, 3.63) is 0 Å². The van der Waals surface area contributed by atoms with Gasteiger partial charge in [-0.3, -0.25) is 4.79 Å². The van der Waals surface area contributed by atoms with Crippen LogP contribution in [0.1, 0.15) is 39.0 Å². The van der Waals surface area contributed by atoms with E-state index in [1.807, 2.05) is 4.90 Å². The Morgan fingerprint density at radius 2 is 1.95 bits per heavy atom. The SMILES string of the molecule is COC1(C(=O)N2CCCC(C)CC2)CCNCC1.Cl.